The number of hydrogen-bond acceptors (Lipinski definition) is 4. The lowest BCUT2D eigenvalue weighted by atomic mass is 10.1. The Balaban J connectivity index is 2.06. The number of benzene rings is 1. The van der Waals surface area contributed by atoms with Gasteiger partial charge in [0, 0.05) is 12.7 Å². The van der Waals surface area contributed by atoms with E-state index < -0.39 is 0 Å². The van der Waals surface area contributed by atoms with E-state index in [0.29, 0.717) is 24.5 Å². The molecule has 0 atom stereocenters. The number of rotatable bonds is 5. The van der Waals surface area contributed by atoms with Crippen LogP contribution in [-0.4, -0.2) is 25.2 Å². The van der Waals surface area contributed by atoms with Crippen molar-refractivity contribution in [1.29, 1.82) is 5.26 Å². The monoisotopic (exact) mass is 295 g/mol. The molecule has 1 aromatic heterocycles. The molecule has 0 spiro atoms. The first-order chi connectivity index (χ1) is 10.5. The molecule has 0 unspecified atom stereocenters. The smallest absolute Gasteiger partial charge is 0.146 e. The van der Waals surface area contributed by atoms with Gasteiger partial charge in [-0.1, -0.05) is 18.2 Å². The Morgan fingerprint density at radius 3 is 2.59 bits per heavy atom. The van der Waals surface area contributed by atoms with E-state index >= 15 is 0 Å². The largest absolute Gasteiger partial charge is 0.491 e. The van der Waals surface area contributed by atoms with Crippen molar-refractivity contribution in [3.63, 3.8) is 0 Å². The quantitative estimate of drug-likeness (QED) is 0.848. The molecule has 2 rings (SSSR count). The molecule has 0 bridgehead atoms. The van der Waals surface area contributed by atoms with Crippen molar-refractivity contribution in [3.05, 3.63) is 52.7 Å². The summed E-state index contributed by atoms with van der Waals surface area (Å²) >= 11 is 0. The lowest BCUT2D eigenvalue weighted by Gasteiger charge is -2.21. The van der Waals surface area contributed by atoms with Gasteiger partial charge in [-0.15, -0.1) is 0 Å². The number of nitriles is 1. The molecular weight excluding hydrogens is 274 g/mol. The van der Waals surface area contributed by atoms with Crippen LogP contribution in [0.3, 0.4) is 0 Å². The van der Waals surface area contributed by atoms with Crippen LogP contribution in [0, 0.1) is 32.1 Å². The maximum Gasteiger partial charge on any atom is 0.146 e. The van der Waals surface area contributed by atoms with E-state index in [2.05, 4.69) is 11.1 Å². The second-order valence-electron chi connectivity index (χ2n) is 5.43. The van der Waals surface area contributed by atoms with E-state index in [1.54, 1.807) is 0 Å². The van der Waals surface area contributed by atoms with Crippen molar-refractivity contribution in [1.82, 2.24) is 4.98 Å². The zero-order chi connectivity index (χ0) is 16.1. The third-order valence-corrected chi connectivity index (χ3v) is 3.58. The Kier molecular flexibility index (Phi) is 5.00. The number of hydrogen-bond donors (Lipinski definition) is 0. The van der Waals surface area contributed by atoms with Gasteiger partial charge in [-0.2, -0.15) is 5.26 Å². The van der Waals surface area contributed by atoms with Gasteiger partial charge in [-0.3, -0.25) is 0 Å². The van der Waals surface area contributed by atoms with Crippen LogP contribution in [0.5, 0.6) is 5.75 Å². The Bertz CT molecular complexity index is 704. The van der Waals surface area contributed by atoms with Gasteiger partial charge in [-0.25, -0.2) is 4.98 Å². The van der Waals surface area contributed by atoms with E-state index in [4.69, 9.17) is 4.74 Å². The summed E-state index contributed by atoms with van der Waals surface area (Å²) in [5.41, 5.74) is 3.62. The second-order valence-corrected chi connectivity index (χ2v) is 5.43. The third-order valence-electron chi connectivity index (χ3n) is 3.58. The fraction of sp³-hybridized carbons (Fsp3) is 0.333. The minimum Gasteiger partial charge on any atom is -0.491 e. The van der Waals surface area contributed by atoms with Crippen molar-refractivity contribution in [3.8, 4) is 11.8 Å². The number of anilines is 1. The highest BCUT2D eigenvalue weighted by molar-refractivity contribution is 5.57. The van der Waals surface area contributed by atoms with Crippen LogP contribution in [-0.2, 0) is 0 Å². The molecule has 0 N–H and O–H groups in total. The molecule has 0 saturated carbocycles. The molecule has 4 heteroatoms. The molecule has 0 fully saturated rings. The summed E-state index contributed by atoms with van der Waals surface area (Å²) < 4.78 is 5.81. The molecular formula is C18H21N3O. The number of para-hydroxylation sites is 1. The number of pyridine rings is 1. The number of likely N-dealkylation sites (N-methyl/N-ethyl adjacent to an activating group) is 1. The lowest BCUT2D eigenvalue weighted by Crippen LogP contribution is -2.26. The summed E-state index contributed by atoms with van der Waals surface area (Å²) in [7, 11) is 1.93. The normalized spacial score (nSPS) is 10.1. The van der Waals surface area contributed by atoms with Gasteiger partial charge in [0.05, 0.1) is 12.1 Å². The molecule has 2 aromatic rings. The standard InChI is InChI=1S/C18H21N3O/c1-13-7-5-6-8-17(13)22-10-9-21(4)18-16(12-19)14(2)11-15(3)20-18/h5-8,11H,9-10H2,1-4H3. The molecule has 0 aliphatic carbocycles. The minimum atomic E-state index is 0.543. The van der Waals surface area contributed by atoms with E-state index in [0.717, 1.165) is 22.6 Å². The molecule has 1 aromatic carbocycles. The zero-order valence-corrected chi connectivity index (χ0v) is 13.6. The summed E-state index contributed by atoms with van der Waals surface area (Å²) in [5, 5.41) is 9.33. The highest BCUT2D eigenvalue weighted by atomic mass is 16.5. The second kappa shape index (κ2) is 6.95. The fourth-order valence-corrected chi connectivity index (χ4v) is 2.35. The zero-order valence-electron chi connectivity index (χ0n) is 13.6. The molecule has 0 aliphatic rings. The predicted octanol–water partition coefficient (Wildman–Crippen LogP) is 3.39. The van der Waals surface area contributed by atoms with Gasteiger partial charge in [0.25, 0.3) is 0 Å². The number of ether oxygens (including phenoxy) is 1. The minimum absolute atomic E-state index is 0.543. The van der Waals surface area contributed by atoms with E-state index in [1.807, 2.05) is 63.1 Å². The number of aromatic nitrogens is 1. The van der Waals surface area contributed by atoms with Crippen LogP contribution in [0.15, 0.2) is 30.3 Å². The van der Waals surface area contributed by atoms with E-state index in [9.17, 15) is 5.26 Å². The van der Waals surface area contributed by atoms with Gasteiger partial charge < -0.3 is 9.64 Å². The van der Waals surface area contributed by atoms with Gasteiger partial charge in [0.2, 0.25) is 0 Å². The van der Waals surface area contributed by atoms with Crippen LogP contribution >= 0.6 is 0 Å². The molecule has 0 saturated heterocycles. The summed E-state index contributed by atoms with van der Waals surface area (Å²) in [6.07, 6.45) is 0. The molecule has 114 valence electrons. The lowest BCUT2D eigenvalue weighted by molar-refractivity contribution is 0.323. The molecule has 0 radical (unpaired) electrons. The number of nitrogens with zero attached hydrogens (tertiary/aromatic N) is 3. The van der Waals surface area contributed by atoms with E-state index in [-0.39, 0.29) is 0 Å². The Morgan fingerprint density at radius 2 is 1.91 bits per heavy atom. The average molecular weight is 295 g/mol. The van der Waals surface area contributed by atoms with Crippen LogP contribution in [0.4, 0.5) is 5.82 Å². The van der Waals surface area contributed by atoms with Gasteiger partial charge in [-0.05, 0) is 44.0 Å². The first kappa shape index (κ1) is 15.8. The molecule has 1 heterocycles. The topological polar surface area (TPSA) is 49.2 Å². The van der Waals surface area contributed by atoms with Crippen molar-refractivity contribution in [2.24, 2.45) is 0 Å². The van der Waals surface area contributed by atoms with Crippen molar-refractivity contribution in [2.45, 2.75) is 20.8 Å². The maximum absolute atomic E-state index is 9.33. The Labute approximate surface area is 132 Å². The van der Waals surface area contributed by atoms with Gasteiger partial charge in [0.1, 0.15) is 24.2 Å². The summed E-state index contributed by atoms with van der Waals surface area (Å²) in [5.74, 6) is 1.61. The Morgan fingerprint density at radius 1 is 1.18 bits per heavy atom. The Hall–Kier alpha value is -2.54. The first-order valence-electron chi connectivity index (χ1n) is 7.31. The van der Waals surface area contributed by atoms with E-state index in [1.165, 1.54) is 0 Å². The summed E-state index contributed by atoms with van der Waals surface area (Å²) in [6.45, 7) is 7.11. The molecule has 4 nitrogen and oxygen atoms in total. The summed E-state index contributed by atoms with van der Waals surface area (Å²) in [4.78, 5) is 6.46. The summed E-state index contributed by atoms with van der Waals surface area (Å²) in [6, 6.07) is 12.1. The SMILES string of the molecule is Cc1cc(C)c(C#N)c(N(C)CCOc2ccccc2C)n1. The van der Waals surface area contributed by atoms with Crippen LogP contribution in [0.2, 0.25) is 0 Å². The van der Waals surface area contributed by atoms with Crippen LogP contribution in [0.25, 0.3) is 0 Å². The van der Waals surface area contributed by atoms with Crippen molar-refractivity contribution >= 4 is 5.82 Å². The van der Waals surface area contributed by atoms with Crippen molar-refractivity contribution < 1.29 is 4.74 Å². The maximum atomic E-state index is 9.33. The van der Waals surface area contributed by atoms with Gasteiger partial charge in [0.15, 0.2) is 0 Å². The van der Waals surface area contributed by atoms with Crippen molar-refractivity contribution in [2.75, 3.05) is 25.1 Å². The first-order valence-corrected chi connectivity index (χ1v) is 7.31. The molecule has 0 aliphatic heterocycles. The van der Waals surface area contributed by atoms with Gasteiger partial charge >= 0.3 is 0 Å². The average Bonchev–Trinajstić information content (AvgIpc) is 2.48. The highest BCUT2D eigenvalue weighted by Gasteiger charge is 2.12. The number of aryl methyl sites for hydroxylation is 3. The fourth-order valence-electron chi connectivity index (χ4n) is 2.35. The van der Waals surface area contributed by atoms with Crippen LogP contribution in [0.1, 0.15) is 22.4 Å². The molecule has 22 heavy (non-hydrogen) atoms. The third kappa shape index (κ3) is 3.56. The van der Waals surface area contributed by atoms with Crippen LogP contribution < -0.4 is 9.64 Å². The molecule has 0 amide bonds. The predicted molar refractivity (Wildman–Crippen MR) is 88.4 cm³/mol. The highest BCUT2D eigenvalue weighted by Crippen LogP contribution is 2.21.